The molecule has 0 heterocycles. The summed E-state index contributed by atoms with van der Waals surface area (Å²) >= 11 is 0. The molecule has 0 aliphatic carbocycles. The Morgan fingerprint density at radius 2 is 1.38 bits per heavy atom. The predicted molar refractivity (Wildman–Crippen MR) is 66.0 cm³/mol. The summed E-state index contributed by atoms with van der Waals surface area (Å²) in [5, 5.41) is 11.2. The maximum Gasteiger partial charge on any atom is 0.0753 e. The van der Waals surface area contributed by atoms with E-state index in [9.17, 15) is 0 Å². The van der Waals surface area contributed by atoms with Gasteiger partial charge >= 0.3 is 0 Å². The van der Waals surface area contributed by atoms with Crippen LogP contribution in [-0.4, -0.2) is 19.6 Å². The number of nitrogens with two attached hydrogens (primary N) is 1. The minimum absolute atomic E-state index is 0.972. The van der Waals surface area contributed by atoms with Crippen molar-refractivity contribution in [2.24, 2.45) is 0 Å². The molecule has 0 spiro atoms. The number of carbonyl (C=O) groups is 1. The number of carboxylic acid groups (broad SMARTS) is 1. The zero-order valence-electron chi connectivity index (χ0n) is 11.3. The van der Waals surface area contributed by atoms with Gasteiger partial charge in [-0.3, -0.25) is 0 Å². The lowest BCUT2D eigenvalue weighted by atomic mass is 10.1. The van der Waals surface area contributed by atoms with E-state index < -0.39 is 5.97 Å². The van der Waals surface area contributed by atoms with Crippen molar-refractivity contribution in [3.05, 3.63) is 0 Å². The normalized spacial score (nSPS) is 9.44. The summed E-state index contributed by atoms with van der Waals surface area (Å²) in [6.45, 7) is 4.56. The topological polar surface area (TPSA) is 56.7 Å². The molecular formula is C13H29NO2. The van der Waals surface area contributed by atoms with Gasteiger partial charge in [-0.25, -0.2) is 0 Å². The van der Waals surface area contributed by atoms with E-state index >= 15 is 0 Å². The number of hydrogen-bond donors (Lipinski definition) is 1. The summed E-state index contributed by atoms with van der Waals surface area (Å²) in [6, 6.07) is 0. The second-order valence-corrected chi connectivity index (χ2v) is 4.16. The van der Waals surface area contributed by atoms with E-state index in [1.54, 1.807) is 0 Å². The number of unbranched alkanes of at least 4 members (excludes halogenated alkanes) is 7. The molecule has 0 fully saturated rings. The standard InChI is InChI=1S/C11H25N.C2H4O2/c1-3-4-5-6-7-8-9-10-11-12-2;1-2(3)4/h12H,3-11H2,1-2H3;1H3,(H,3,4). The van der Waals surface area contributed by atoms with Gasteiger partial charge in [-0.2, -0.15) is 0 Å². The Bertz CT molecular complexity index is 124. The van der Waals surface area contributed by atoms with Crippen molar-refractivity contribution >= 4 is 5.97 Å². The van der Waals surface area contributed by atoms with Gasteiger partial charge in [-0.1, -0.05) is 45.4 Å². The third-order valence-corrected chi connectivity index (χ3v) is 2.35. The highest BCUT2D eigenvalue weighted by Crippen LogP contribution is 2.07. The summed E-state index contributed by atoms with van der Waals surface area (Å²) in [7, 11) is 2.15. The van der Waals surface area contributed by atoms with Gasteiger partial charge in [-0.05, 0) is 19.8 Å². The molecule has 2 N–H and O–H groups in total. The number of quaternary nitrogens is 1. The van der Waals surface area contributed by atoms with E-state index in [2.05, 4.69) is 19.3 Å². The van der Waals surface area contributed by atoms with Crippen molar-refractivity contribution in [3.8, 4) is 0 Å². The van der Waals surface area contributed by atoms with Gasteiger partial charge in [0.05, 0.1) is 13.6 Å². The molecule has 3 heteroatoms. The molecule has 0 aromatic rings. The molecule has 0 bridgehead atoms. The molecule has 3 nitrogen and oxygen atoms in total. The van der Waals surface area contributed by atoms with Gasteiger partial charge in [0, 0.05) is 5.97 Å². The minimum Gasteiger partial charge on any atom is -0.550 e. The largest absolute Gasteiger partial charge is 0.550 e. The highest BCUT2D eigenvalue weighted by atomic mass is 16.4. The first-order valence-electron chi connectivity index (χ1n) is 6.60. The van der Waals surface area contributed by atoms with Gasteiger partial charge in [-0.15, -0.1) is 0 Å². The Morgan fingerprint density at radius 1 is 1.00 bits per heavy atom. The van der Waals surface area contributed by atoms with E-state index in [0.717, 1.165) is 6.92 Å². The third kappa shape index (κ3) is 29.2. The van der Waals surface area contributed by atoms with Crippen LogP contribution < -0.4 is 10.4 Å². The zero-order valence-corrected chi connectivity index (χ0v) is 11.3. The highest BCUT2D eigenvalue weighted by molar-refractivity contribution is 5.60. The highest BCUT2D eigenvalue weighted by Gasteiger charge is 1.90. The number of carboxylic acids is 1. The molecule has 0 rings (SSSR count). The average Bonchev–Trinajstić information content (AvgIpc) is 2.21. The summed E-state index contributed by atoms with van der Waals surface area (Å²) in [4.78, 5) is 8.89. The number of aliphatic carboxylic acids is 1. The molecular weight excluding hydrogens is 202 g/mol. The van der Waals surface area contributed by atoms with E-state index in [1.165, 1.54) is 57.9 Å². The maximum absolute atomic E-state index is 8.89. The third-order valence-electron chi connectivity index (χ3n) is 2.35. The minimum atomic E-state index is -1.08. The Labute approximate surface area is 101 Å². The molecule has 0 aromatic carbocycles. The Kier molecular flexibility index (Phi) is 18.8. The van der Waals surface area contributed by atoms with Crippen molar-refractivity contribution in [2.45, 2.75) is 65.2 Å². The average molecular weight is 231 g/mol. The molecule has 0 aliphatic rings. The number of rotatable bonds is 9. The van der Waals surface area contributed by atoms with Crippen LogP contribution in [0.5, 0.6) is 0 Å². The fourth-order valence-electron chi connectivity index (χ4n) is 1.48. The zero-order chi connectivity index (χ0) is 12.6. The molecule has 98 valence electrons. The molecule has 0 aliphatic heterocycles. The fourth-order valence-corrected chi connectivity index (χ4v) is 1.48. The number of hydrogen-bond acceptors (Lipinski definition) is 2. The van der Waals surface area contributed by atoms with E-state index in [4.69, 9.17) is 9.90 Å². The Hall–Kier alpha value is -0.570. The van der Waals surface area contributed by atoms with Crippen molar-refractivity contribution in [2.75, 3.05) is 13.6 Å². The quantitative estimate of drug-likeness (QED) is 0.604. The van der Waals surface area contributed by atoms with E-state index in [1.807, 2.05) is 0 Å². The van der Waals surface area contributed by atoms with Gasteiger partial charge in [0.1, 0.15) is 0 Å². The van der Waals surface area contributed by atoms with Crippen LogP contribution in [0.1, 0.15) is 65.2 Å². The van der Waals surface area contributed by atoms with Gasteiger partial charge in [0.2, 0.25) is 0 Å². The van der Waals surface area contributed by atoms with Crippen LogP contribution in [0.15, 0.2) is 0 Å². The maximum atomic E-state index is 8.89. The molecule has 0 atom stereocenters. The lowest BCUT2D eigenvalue weighted by Crippen LogP contribution is -2.79. The monoisotopic (exact) mass is 231 g/mol. The van der Waals surface area contributed by atoms with Gasteiger partial charge < -0.3 is 15.2 Å². The van der Waals surface area contributed by atoms with E-state index in [-0.39, 0.29) is 0 Å². The summed E-state index contributed by atoms with van der Waals surface area (Å²) in [5.74, 6) is -1.08. The molecule has 0 radical (unpaired) electrons. The fraction of sp³-hybridized carbons (Fsp3) is 0.923. The van der Waals surface area contributed by atoms with Crippen molar-refractivity contribution < 1.29 is 15.2 Å². The van der Waals surface area contributed by atoms with Crippen LogP contribution in [0, 0.1) is 0 Å². The van der Waals surface area contributed by atoms with Crippen LogP contribution in [-0.2, 0) is 4.79 Å². The van der Waals surface area contributed by atoms with Crippen molar-refractivity contribution in [1.82, 2.24) is 0 Å². The van der Waals surface area contributed by atoms with Crippen LogP contribution in [0.3, 0.4) is 0 Å². The predicted octanol–water partition coefficient (Wildman–Crippen LogP) is 1.08. The lowest BCUT2D eigenvalue weighted by molar-refractivity contribution is -0.627. The van der Waals surface area contributed by atoms with Gasteiger partial charge in [0.25, 0.3) is 0 Å². The van der Waals surface area contributed by atoms with Crippen LogP contribution >= 0.6 is 0 Å². The van der Waals surface area contributed by atoms with Gasteiger partial charge in [0.15, 0.2) is 0 Å². The second kappa shape index (κ2) is 16.8. The van der Waals surface area contributed by atoms with Crippen LogP contribution in [0.2, 0.25) is 0 Å². The summed E-state index contributed by atoms with van der Waals surface area (Å²) in [6.07, 6.45) is 11.5. The second-order valence-electron chi connectivity index (χ2n) is 4.16. The summed E-state index contributed by atoms with van der Waals surface area (Å²) in [5.41, 5.74) is 0. The molecule has 0 saturated heterocycles. The van der Waals surface area contributed by atoms with Crippen LogP contribution in [0.4, 0.5) is 0 Å². The Balaban J connectivity index is 0. The molecule has 0 aromatic heterocycles. The first kappa shape index (κ1) is 17.8. The SMILES string of the molecule is CC(=O)[O-].CCCCCCCCCC[NH2+]C. The molecule has 0 unspecified atom stereocenters. The lowest BCUT2D eigenvalue weighted by Gasteiger charge is -1.99. The molecule has 16 heavy (non-hydrogen) atoms. The first-order chi connectivity index (χ1) is 7.65. The Morgan fingerprint density at radius 3 is 1.75 bits per heavy atom. The van der Waals surface area contributed by atoms with Crippen molar-refractivity contribution in [1.29, 1.82) is 0 Å². The van der Waals surface area contributed by atoms with Crippen molar-refractivity contribution in [3.63, 3.8) is 0 Å². The summed E-state index contributed by atoms with van der Waals surface area (Å²) < 4.78 is 0. The van der Waals surface area contributed by atoms with Crippen LogP contribution in [0.25, 0.3) is 0 Å². The molecule has 0 saturated carbocycles. The smallest absolute Gasteiger partial charge is 0.0753 e. The van der Waals surface area contributed by atoms with E-state index in [0.29, 0.717) is 0 Å². The first-order valence-corrected chi connectivity index (χ1v) is 6.60. The molecule has 0 amide bonds. The number of carbonyl (C=O) groups excluding carboxylic acids is 1.